The van der Waals surface area contributed by atoms with Gasteiger partial charge in [-0.3, -0.25) is 9.78 Å². The molecule has 0 aromatic carbocycles. The molecule has 0 aliphatic carbocycles. The van der Waals surface area contributed by atoms with E-state index in [1.165, 1.54) is 0 Å². The van der Waals surface area contributed by atoms with E-state index in [-0.39, 0.29) is 11.3 Å². The van der Waals surface area contributed by atoms with E-state index < -0.39 is 0 Å². The van der Waals surface area contributed by atoms with Crippen LogP contribution < -0.4 is 5.32 Å². The summed E-state index contributed by atoms with van der Waals surface area (Å²) in [6.07, 6.45) is 5.24. The molecule has 3 heteroatoms. The van der Waals surface area contributed by atoms with E-state index in [1.54, 1.807) is 24.5 Å². The highest BCUT2D eigenvalue weighted by molar-refractivity contribution is 5.94. The molecule has 1 N–H and O–H groups in total. The van der Waals surface area contributed by atoms with Crippen molar-refractivity contribution in [3.8, 4) is 0 Å². The molecule has 1 heterocycles. The summed E-state index contributed by atoms with van der Waals surface area (Å²) in [5.41, 5.74) is 0.497. The maximum atomic E-state index is 11.9. The van der Waals surface area contributed by atoms with Crippen LogP contribution in [0.1, 0.15) is 47.5 Å². The Bertz CT molecular complexity index is 320. The third-order valence-corrected chi connectivity index (χ3v) is 2.43. The van der Waals surface area contributed by atoms with Gasteiger partial charge in [0.1, 0.15) is 0 Å². The number of aromatic nitrogens is 1. The molecular weight excluding hydrogens is 212 g/mol. The Labute approximate surface area is 105 Å². The number of anilines is 1. The van der Waals surface area contributed by atoms with Gasteiger partial charge in [0.15, 0.2) is 0 Å². The standard InChI is InChI=1S/C12H18N2O.C2H6/c1-4-7-12(2,3)11(15)14-10-5-8-13-9-6-10;1-2/h5-6,8-9H,4,7H2,1-3H3,(H,13,14,15);1-2H3. The number of carbonyl (C=O) groups is 1. The van der Waals surface area contributed by atoms with Crippen molar-refractivity contribution in [2.24, 2.45) is 5.41 Å². The van der Waals surface area contributed by atoms with Crippen LogP contribution in [0.4, 0.5) is 5.69 Å². The summed E-state index contributed by atoms with van der Waals surface area (Å²) >= 11 is 0. The van der Waals surface area contributed by atoms with Crippen LogP contribution in [-0.2, 0) is 4.79 Å². The molecule has 0 saturated heterocycles. The highest BCUT2D eigenvalue weighted by Gasteiger charge is 2.26. The smallest absolute Gasteiger partial charge is 0.230 e. The van der Waals surface area contributed by atoms with Crippen LogP contribution in [0.2, 0.25) is 0 Å². The maximum Gasteiger partial charge on any atom is 0.230 e. The molecule has 1 rings (SSSR count). The lowest BCUT2D eigenvalue weighted by Gasteiger charge is -2.22. The van der Waals surface area contributed by atoms with Crippen molar-refractivity contribution in [2.45, 2.75) is 47.5 Å². The van der Waals surface area contributed by atoms with E-state index >= 15 is 0 Å². The summed E-state index contributed by atoms with van der Waals surface area (Å²) in [5.74, 6) is 0.0653. The fourth-order valence-corrected chi connectivity index (χ4v) is 1.47. The van der Waals surface area contributed by atoms with Crippen molar-refractivity contribution in [3.05, 3.63) is 24.5 Å². The molecule has 0 radical (unpaired) electrons. The second-order valence-corrected chi connectivity index (χ2v) is 4.32. The second-order valence-electron chi connectivity index (χ2n) is 4.32. The van der Waals surface area contributed by atoms with Crippen LogP contribution in [0.25, 0.3) is 0 Å². The molecule has 0 spiro atoms. The van der Waals surface area contributed by atoms with Gasteiger partial charge in [0.25, 0.3) is 0 Å². The highest BCUT2D eigenvalue weighted by Crippen LogP contribution is 2.24. The Morgan fingerprint density at radius 3 is 2.29 bits per heavy atom. The third kappa shape index (κ3) is 5.48. The number of hydrogen-bond donors (Lipinski definition) is 1. The number of hydrogen-bond acceptors (Lipinski definition) is 2. The van der Waals surface area contributed by atoms with E-state index in [1.807, 2.05) is 27.7 Å². The zero-order valence-electron chi connectivity index (χ0n) is 11.6. The molecule has 1 amide bonds. The van der Waals surface area contributed by atoms with Gasteiger partial charge in [-0.1, -0.05) is 41.0 Å². The van der Waals surface area contributed by atoms with E-state index in [4.69, 9.17) is 0 Å². The molecule has 96 valence electrons. The Morgan fingerprint density at radius 2 is 1.82 bits per heavy atom. The van der Waals surface area contributed by atoms with Crippen LogP contribution in [-0.4, -0.2) is 10.9 Å². The first-order valence-electron chi connectivity index (χ1n) is 6.28. The van der Waals surface area contributed by atoms with Gasteiger partial charge >= 0.3 is 0 Å². The van der Waals surface area contributed by atoms with Gasteiger partial charge in [-0.15, -0.1) is 0 Å². The third-order valence-electron chi connectivity index (χ3n) is 2.43. The minimum atomic E-state index is -0.308. The maximum absolute atomic E-state index is 11.9. The van der Waals surface area contributed by atoms with E-state index in [0.717, 1.165) is 18.5 Å². The predicted molar refractivity (Wildman–Crippen MR) is 72.9 cm³/mol. The average molecular weight is 236 g/mol. The van der Waals surface area contributed by atoms with Crippen molar-refractivity contribution < 1.29 is 4.79 Å². The Morgan fingerprint density at radius 1 is 1.29 bits per heavy atom. The number of amides is 1. The number of rotatable bonds is 4. The lowest BCUT2D eigenvalue weighted by atomic mass is 9.87. The zero-order valence-corrected chi connectivity index (χ0v) is 11.6. The Balaban J connectivity index is 0.00000121. The van der Waals surface area contributed by atoms with Crippen LogP contribution in [0, 0.1) is 5.41 Å². The topological polar surface area (TPSA) is 42.0 Å². The first-order valence-corrected chi connectivity index (χ1v) is 6.28. The summed E-state index contributed by atoms with van der Waals surface area (Å²) in [4.78, 5) is 15.8. The van der Waals surface area contributed by atoms with Gasteiger partial charge in [0.05, 0.1) is 0 Å². The van der Waals surface area contributed by atoms with Gasteiger partial charge in [0.2, 0.25) is 5.91 Å². The number of pyridine rings is 1. The second kappa shape index (κ2) is 7.82. The molecule has 1 aromatic rings. The normalized spacial score (nSPS) is 10.2. The van der Waals surface area contributed by atoms with E-state index in [2.05, 4.69) is 17.2 Å². The predicted octanol–water partition coefficient (Wildman–Crippen LogP) is 3.87. The molecule has 1 aromatic heterocycles. The van der Waals surface area contributed by atoms with Crippen LogP contribution in [0.5, 0.6) is 0 Å². The molecular formula is C14H24N2O. The number of nitrogens with zero attached hydrogens (tertiary/aromatic N) is 1. The van der Waals surface area contributed by atoms with Crippen molar-refractivity contribution in [1.82, 2.24) is 4.98 Å². The fourth-order valence-electron chi connectivity index (χ4n) is 1.47. The summed E-state index contributed by atoms with van der Waals surface area (Å²) in [7, 11) is 0. The van der Waals surface area contributed by atoms with Gasteiger partial charge in [0, 0.05) is 23.5 Å². The quantitative estimate of drug-likeness (QED) is 0.862. The highest BCUT2D eigenvalue weighted by atomic mass is 16.2. The molecule has 0 bridgehead atoms. The average Bonchev–Trinajstić information content (AvgIpc) is 2.33. The lowest BCUT2D eigenvalue weighted by Crippen LogP contribution is -2.30. The first-order chi connectivity index (χ1) is 8.06. The minimum Gasteiger partial charge on any atom is -0.326 e. The fraction of sp³-hybridized carbons (Fsp3) is 0.571. The van der Waals surface area contributed by atoms with Crippen molar-refractivity contribution in [3.63, 3.8) is 0 Å². The van der Waals surface area contributed by atoms with Crippen molar-refractivity contribution in [2.75, 3.05) is 5.32 Å². The van der Waals surface area contributed by atoms with E-state index in [9.17, 15) is 4.79 Å². The SMILES string of the molecule is CC.CCCC(C)(C)C(=O)Nc1ccncc1. The van der Waals surface area contributed by atoms with Crippen LogP contribution in [0.3, 0.4) is 0 Å². The summed E-state index contributed by atoms with van der Waals surface area (Å²) < 4.78 is 0. The minimum absolute atomic E-state index is 0.0653. The number of carbonyl (C=O) groups excluding carboxylic acids is 1. The molecule has 0 saturated carbocycles. The monoisotopic (exact) mass is 236 g/mol. The largest absolute Gasteiger partial charge is 0.326 e. The van der Waals surface area contributed by atoms with Gasteiger partial charge in [-0.05, 0) is 18.6 Å². The number of nitrogens with one attached hydrogen (secondary N) is 1. The summed E-state index contributed by atoms with van der Waals surface area (Å²) in [6, 6.07) is 3.58. The van der Waals surface area contributed by atoms with Gasteiger partial charge in [-0.25, -0.2) is 0 Å². The zero-order chi connectivity index (χ0) is 13.3. The van der Waals surface area contributed by atoms with Crippen molar-refractivity contribution >= 4 is 11.6 Å². The van der Waals surface area contributed by atoms with Crippen molar-refractivity contribution in [1.29, 1.82) is 0 Å². The van der Waals surface area contributed by atoms with Gasteiger partial charge < -0.3 is 5.32 Å². The molecule has 3 nitrogen and oxygen atoms in total. The molecule has 0 aliphatic heterocycles. The Hall–Kier alpha value is -1.38. The summed E-state index contributed by atoms with van der Waals surface area (Å²) in [6.45, 7) is 10.0. The Kier molecular flexibility index (Phi) is 7.19. The van der Waals surface area contributed by atoms with Gasteiger partial charge in [-0.2, -0.15) is 0 Å². The molecule has 17 heavy (non-hydrogen) atoms. The summed E-state index contributed by atoms with van der Waals surface area (Å²) in [5, 5.41) is 2.89. The molecule has 0 unspecified atom stereocenters. The molecule has 0 aliphatic rings. The van der Waals surface area contributed by atoms with E-state index in [0.29, 0.717) is 0 Å². The lowest BCUT2D eigenvalue weighted by molar-refractivity contribution is -0.124. The van der Waals surface area contributed by atoms with Crippen LogP contribution >= 0.6 is 0 Å². The van der Waals surface area contributed by atoms with Crippen LogP contribution in [0.15, 0.2) is 24.5 Å². The molecule has 0 atom stereocenters. The first kappa shape index (κ1) is 15.6. The molecule has 0 fully saturated rings.